The second-order valence-electron chi connectivity index (χ2n) is 4.02. The van der Waals surface area contributed by atoms with Gasteiger partial charge in [0.05, 0.1) is 11.3 Å². The Hall–Kier alpha value is -1.16. The van der Waals surface area contributed by atoms with E-state index in [0.29, 0.717) is 5.92 Å². The van der Waals surface area contributed by atoms with Crippen molar-refractivity contribution < 1.29 is 0 Å². The number of hydrogen-bond acceptors (Lipinski definition) is 3. The minimum absolute atomic E-state index is 0.549. The molecule has 0 amide bonds. The molecule has 0 aliphatic carbocycles. The van der Waals surface area contributed by atoms with Crippen molar-refractivity contribution in [2.75, 3.05) is 0 Å². The van der Waals surface area contributed by atoms with Crippen LogP contribution >= 0.6 is 11.3 Å². The molecule has 80 valence electrons. The van der Waals surface area contributed by atoms with Gasteiger partial charge in [-0.05, 0) is 12.8 Å². The summed E-state index contributed by atoms with van der Waals surface area (Å²) in [4.78, 5) is 5.77. The second kappa shape index (κ2) is 3.77. The lowest BCUT2D eigenvalue weighted by Gasteiger charge is -1.96. The Labute approximate surface area is 93.8 Å². The highest BCUT2D eigenvalue weighted by atomic mass is 32.1. The largest absolute Gasteiger partial charge is 0.275 e. The van der Waals surface area contributed by atoms with Crippen LogP contribution in [0.1, 0.15) is 30.3 Å². The van der Waals surface area contributed by atoms with Crippen molar-refractivity contribution in [1.29, 1.82) is 0 Å². The quantitative estimate of drug-likeness (QED) is 0.780. The average molecular weight is 221 g/mol. The van der Waals surface area contributed by atoms with Crippen molar-refractivity contribution in [3.63, 3.8) is 0 Å². The van der Waals surface area contributed by atoms with Crippen molar-refractivity contribution in [2.24, 2.45) is 7.05 Å². The first kappa shape index (κ1) is 10.4. The smallest absolute Gasteiger partial charge is 0.126 e. The number of thiazole rings is 1. The van der Waals surface area contributed by atoms with Gasteiger partial charge < -0.3 is 0 Å². The molecule has 0 saturated carbocycles. The van der Waals surface area contributed by atoms with Gasteiger partial charge in [0, 0.05) is 24.3 Å². The topological polar surface area (TPSA) is 30.7 Å². The van der Waals surface area contributed by atoms with Gasteiger partial charge in [-0.25, -0.2) is 4.98 Å². The third-order valence-electron chi connectivity index (χ3n) is 2.34. The van der Waals surface area contributed by atoms with E-state index >= 15 is 0 Å². The van der Waals surface area contributed by atoms with Crippen LogP contribution in [0, 0.1) is 6.92 Å². The molecule has 0 atom stereocenters. The first-order valence-electron chi connectivity index (χ1n) is 5.04. The van der Waals surface area contributed by atoms with E-state index in [0.717, 1.165) is 16.3 Å². The summed E-state index contributed by atoms with van der Waals surface area (Å²) in [5.74, 6) is 0.549. The third-order valence-corrected chi connectivity index (χ3v) is 3.67. The Morgan fingerprint density at radius 2 is 2.13 bits per heavy atom. The zero-order valence-corrected chi connectivity index (χ0v) is 10.3. The maximum absolute atomic E-state index is 4.45. The summed E-state index contributed by atoms with van der Waals surface area (Å²) < 4.78 is 1.83. The fourth-order valence-electron chi connectivity index (χ4n) is 1.49. The van der Waals surface area contributed by atoms with Gasteiger partial charge >= 0.3 is 0 Å². The zero-order valence-electron chi connectivity index (χ0n) is 9.48. The summed E-state index contributed by atoms with van der Waals surface area (Å²) in [7, 11) is 1.94. The maximum Gasteiger partial charge on any atom is 0.126 e. The van der Waals surface area contributed by atoms with Gasteiger partial charge in [-0.15, -0.1) is 11.3 Å². The Kier molecular flexibility index (Phi) is 2.61. The summed E-state index contributed by atoms with van der Waals surface area (Å²) >= 11 is 1.76. The molecule has 2 aromatic heterocycles. The minimum atomic E-state index is 0.549. The monoisotopic (exact) mass is 221 g/mol. The van der Waals surface area contributed by atoms with Gasteiger partial charge in [-0.3, -0.25) is 4.68 Å². The average Bonchev–Trinajstić information content (AvgIpc) is 2.71. The van der Waals surface area contributed by atoms with Crippen molar-refractivity contribution in [3.05, 3.63) is 23.0 Å². The first-order valence-corrected chi connectivity index (χ1v) is 5.86. The van der Waals surface area contributed by atoms with Crippen molar-refractivity contribution in [1.82, 2.24) is 14.8 Å². The Morgan fingerprint density at radius 1 is 1.40 bits per heavy atom. The highest BCUT2D eigenvalue weighted by Gasteiger charge is 2.11. The maximum atomic E-state index is 4.45. The van der Waals surface area contributed by atoms with E-state index in [4.69, 9.17) is 0 Å². The summed E-state index contributed by atoms with van der Waals surface area (Å²) in [5.41, 5.74) is 2.19. The van der Waals surface area contributed by atoms with Crippen LogP contribution in [0.25, 0.3) is 10.6 Å². The highest BCUT2D eigenvalue weighted by Crippen LogP contribution is 2.30. The molecule has 0 N–H and O–H groups in total. The fraction of sp³-hybridized carbons (Fsp3) is 0.455. The summed E-state index contributed by atoms with van der Waals surface area (Å²) in [5, 5.41) is 5.40. The van der Waals surface area contributed by atoms with E-state index in [9.17, 15) is 0 Å². The van der Waals surface area contributed by atoms with Gasteiger partial charge in [0.25, 0.3) is 0 Å². The zero-order chi connectivity index (χ0) is 11.0. The van der Waals surface area contributed by atoms with Gasteiger partial charge in [0.15, 0.2) is 0 Å². The van der Waals surface area contributed by atoms with Crippen molar-refractivity contribution in [2.45, 2.75) is 26.7 Å². The second-order valence-corrected chi connectivity index (χ2v) is 5.09. The van der Waals surface area contributed by atoms with Crippen LogP contribution in [-0.4, -0.2) is 14.8 Å². The molecule has 2 rings (SSSR count). The molecule has 0 aliphatic heterocycles. The predicted molar refractivity (Wildman–Crippen MR) is 63.1 cm³/mol. The van der Waals surface area contributed by atoms with Crippen molar-refractivity contribution >= 4 is 11.3 Å². The van der Waals surface area contributed by atoms with E-state index in [-0.39, 0.29) is 0 Å². The van der Waals surface area contributed by atoms with E-state index in [1.807, 2.05) is 31.0 Å². The third kappa shape index (κ3) is 1.95. The van der Waals surface area contributed by atoms with Crippen LogP contribution in [0.15, 0.2) is 12.4 Å². The molecule has 0 aromatic carbocycles. The standard InChI is InChI=1S/C11H15N3S/c1-7(2)10-5-12-11(15-10)9-6-14(4)13-8(9)3/h5-7H,1-4H3. The molecular weight excluding hydrogens is 206 g/mol. The Morgan fingerprint density at radius 3 is 2.60 bits per heavy atom. The van der Waals surface area contributed by atoms with E-state index < -0.39 is 0 Å². The lowest BCUT2D eigenvalue weighted by molar-refractivity contribution is 0.756. The number of nitrogens with zero attached hydrogens (tertiary/aromatic N) is 3. The van der Waals surface area contributed by atoms with Gasteiger partial charge in [0.1, 0.15) is 5.01 Å². The molecule has 15 heavy (non-hydrogen) atoms. The number of hydrogen-bond donors (Lipinski definition) is 0. The van der Waals surface area contributed by atoms with E-state index in [1.54, 1.807) is 11.3 Å². The summed E-state index contributed by atoms with van der Waals surface area (Å²) in [6.45, 7) is 6.40. The van der Waals surface area contributed by atoms with E-state index in [1.165, 1.54) is 4.88 Å². The molecular formula is C11H15N3S. The fourth-order valence-corrected chi connectivity index (χ4v) is 2.47. The van der Waals surface area contributed by atoms with Crippen LogP contribution in [-0.2, 0) is 7.05 Å². The molecule has 0 bridgehead atoms. The van der Waals surface area contributed by atoms with Crippen LogP contribution in [0.3, 0.4) is 0 Å². The molecule has 0 fully saturated rings. The normalized spacial score (nSPS) is 11.3. The molecule has 0 radical (unpaired) electrons. The Balaban J connectivity index is 2.41. The SMILES string of the molecule is Cc1nn(C)cc1-c1ncc(C(C)C)s1. The van der Waals surface area contributed by atoms with E-state index in [2.05, 4.69) is 23.9 Å². The number of aryl methyl sites for hydroxylation is 2. The molecule has 3 nitrogen and oxygen atoms in total. The van der Waals surface area contributed by atoms with Crippen LogP contribution in [0.5, 0.6) is 0 Å². The number of rotatable bonds is 2. The van der Waals surface area contributed by atoms with Crippen LogP contribution in [0.4, 0.5) is 0 Å². The molecule has 0 saturated heterocycles. The molecule has 0 aliphatic rings. The lowest BCUT2D eigenvalue weighted by atomic mass is 10.2. The molecule has 0 spiro atoms. The Bertz CT molecular complexity index is 468. The summed E-state index contributed by atoms with van der Waals surface area (Å²) in [6.07, 6.45) is 4.00. The summed E-state index contributed by atoms with van der Waals surface area (Å²) in [6, 6.07) is 0. The lowest BCUT2D eigenvalue weighted by Crippen LogP contribution is -1.86. The van der Waals surface area contributed by atoms with Crippen LogP contribution in [0.2, 0.25) is 0 Å². The highest BCUT2D eigenvalue weighted by molar-refractivity contribution is 7.15. The minimum Gasteiger partial charge on any atom is -0.275 e. The van der Waals surface area contributed by atoms with Crippen LogP contribution < -0.4 is 0 Å². The molecule has 2 heterocycles. The van der Waals surface area contributed by atoms with Gasteiger partial charge in [-0.2, -0.15) is 5.10 Å². The van der Waals surface area contributed by atoms with Gasteiger partial charge in [-0.1, -0.05) is 13.8 Å². The molecule has 2 aromatic rings. The number of aromatic nitrogens is 3. The molecule has 0 unspecified atom stereocenters. The molecule has 4 heteroatoms. The van der Waals surface area contributed by atoms with Gasteiger partial charge in [0.2, 0.25) is 0 Å². The predicted octanol–water partition coefficient (Wildman–Crippen LogP) is 2.98. The van der Waals surface area contributed by atoms with Crippen molar-refractivity contribution in [3.8, 4) is 10.6 Å². The first-order chi connectivity index (χ1) is 7.08.